The summed E-state index contributed by atoms with van der Waals surface area (Å²) in [5, 5.41) is 0. The summed E-state index contributed by atoms with van der Waals surface area (Å²) in [7, 11) is 0. The Labute approximate surface area is 119 Å². The van der Waals surface area contributed by atoms with E-state index in [0.29, 0.717) is 6.42 Å². The van der Waals surface area contributed by atoms with Crippen molar-refractivity contribution in [2.45, 2.75) is 38.5 Å². The van der Waals surface area contributed by atoms with Crippen molar-refractivity contribution < 1.29 is 14.3 Å². The van der Waals surface area contributed by atoms with Crippen molar-refractivity contribution in [1.82, 2.24) is 4.90 Å². The molecule has 2 rings (SSSR count). The van der Waals surface area contributed by atoms with Gasteiger partial charge >= 0.3 is 5.97 Å². The summed E-state index contributed by atoms with van der Waals surface area (Å²) in [6.45, 7) is 7.19. The van der Waals surface area contributed by atoms with Crippen LogP contribution < -0.4 is 0 Å². The monoisotopic (exact) mass is 273 g/mol. The fourth-order valence-electron chi connectivity index (χ4n) is 2.50. The highest BCUT2D eigenvalue weighted by Crippen LogP contribution is 2.28. The molecule has 0 aliphatic carbocycles. The largest absolute Gasteiger partial charge is 0.451 e. The van der Waals surface area contributed by atoms with Gasteiger partial charge in [-0.1, -0.05) is 36.4 Å². The average Bonchev–Trinajstić information content (AvgIpc) is 2.45. The number of hydrogen-bond acceptors (Lipinski definition) is 3. The van der Waals surface area contributed by atoms with Crippen LogP contribution in [0.5, 0.6) is 0 Å². The van der Waals surface area contributed by atoms with Gasteiger partial charge in [0.25, 0.3) is 5.91 Å². The van der Waals surface area contributed by atoms with Crippen molar-refractivity contribution in [3.05, 3.63) is 48.6 Å². The smallest absolute Gasteiger partial charge is 0.329 e. The summed E-state index contributed by atoms with van der Waals surface area (Å²) in [6, 6.07) is 8.90. The molecule has 1 aromatic carbocycles. The standard InChI is InChI=1S/C16H19NO3/c1-4-8-14-16(19)20-12(3)15(18)17(14)11(2)13-9-6-5-7-10-13/h4-7,9-12,14H,1,8H2,2-3H3/t11-,12+,14-/m0/s1. The van der Waals surface area contributed by atoms with Gasteiger partial charge < -0.3 is 9.64 Å². The molecule has 0 radical (unpaired) electrons. The Hall–Kier alpha value is -2.10. The van der Waals surface area contributed by atoms with Gasteiger partial charge in [0, 0.05) is 0 Å². The summed E-state index contributed by atoms with van der Waals surface area (Å²) in [4.78, 5) is 26.0. The van der Waals surface area contributed by atoms with Gasteiger partial charge in [0.15, 0.2) is 6.10 Å². The molecule has 4 nitrogen and oxygen atoms in total. The topological polar surface area (TPSA) is 46.6 Å². The lowest BCUT2D eigenvalue weighted by Crippen LogP contribution is -2.56. The molecule has 106 valence electrons. The maximum atomic E-state index is 12.4. The molecule has 4 heteroatoms. The zero-order valence-electron chi connectivity index (χ0n) is 11.8. The van der Waals surface area contributed by atoms with Gasteiger partial charge in [0.1, 0.15) is 6.04 Å². The number of benzene rings is 1. The Morgan fingerprint density at radius 1 is 1.35 bits per heavy atom. The van der Waals surface area contributed by atoms with E-state index in [-0.39, 0.29) is 17.9 Å². The highest BCUT2D eigenvalue weighted by atomic mass is 16.6. The van der Waals surface area contributed by atoms with Crippen LogP contribution in [0.4, 0.5) is 0 Å². The van der Waals surface area contributed by atoms with E-state index in [1.807, 2.05) is 37.3 Å². The second kappa shape index (κ2) is 5.90. The molecular weight excluding hydrogens is 254 g/mol. The summed E-state index contributed by atoms with van der Waals surface area (Å²) in [5.41, 5.74) is 0.997. The highest BCUT2D eigenvalue weighted by molar-refractivity contribution is 5.92. The maximum absolute atomic E-state index is 12.4. The predicted octanol–water partition coefficient (Wildman–Crippen LogP) is 2.47. The summed E-state index contributed by atoms with van der Waals surface area (Å²) in [5.74, 6) is -0.521. The second-order valence-corrected chi connectivity index (χ2v) is 4.95. The zero-order chi connectivity index (χ0) is 14.7. The van der Waals surface area contributed by atoms with Crippen molar-refractivity contribution in [2.24, 2.45) is 0 Å². The Morgan fingerprint density at radius 2 is 2.00 bits per heavy atom. The zero-order valence-corrected chi connectivity index (χ0v) is 11.8. The van der Waals surface area contributed by atoms with Crippen molar-refractivity contribution in [1.29, 1.82) is 0 Å². The van der Waals surface area contributed by atoms with Gasteiger partial charge in [-0.05, 0) is 25.8 Å². The van der Waals surface area contributed by atoms with Gasteiger partial charge in [-0.2, -0.15) is 0 Å². The molecule has 1 amide bonds. The first-order valence-corrected chi connectivity index (χ1v) is 6.74. The fourth-order valence-corrected chi connectivity index (χ4v) is 2.50. The van der Waals surface area contributed by atoms with Gasteiger partial charge in [0.05, 0.1) is 6.04 Å². The molecule has 1 saturated heterocycles. The average molecular weight is 273 g/mol. The number of hydrogen-bond donors (Lipinski definition) is 0. The normalized spacial score (nSPS) is 24.2. The molecule has 0 saturated carbocycles. The van der Waals surface area contributed by atoms with Crippen molar-refractivity contribution in [2.75, 3.05) is 0 Å². The molecule has 1 heterocycles. The summed E-state index contributed by atoms with van der Waals surface area (Å²) >= 11 is 0. The number of esters is 1. The lowest BCUT2D eigenvalue weighted by atomic mass is 10.0. The Kier molecular flexibility index (Phi) is 4.23. The van der Waals surface area contributed by atoms with E-state index in [4.69, 9.17) is 4.74 Å². The SMILES string of the molecule is C=CC[C@H]1C(=O)O[C@H](C)C(=O)N1[C@@H](C)c1ccccc1. The third-order valence-corrected chi connectivity index (χ3v) is 3.59. The third-order valence-electron chi connectivity index (χ3n) is 3.59. The second-order valence-electron chi connectivity index (χ2n) is 4.95. The number of cyclic esters (lactones) is 1. The van der Waals surface area contributed by atoms with E-state index in [1.165, 1.54) is 0 Å². The molecule has 0 N–H and O–H groups in total. The van der Waals surface area contributed by atoms with E-state index in [1.54, 1.807) is 17.9 Å². The molecule has 0 spiro atoms. The van der Waals surface area contributed by atoms with E-state index in [2.05, 4.69) is 6.58 Å². The predicted molar refractivity (Wildman–Crippen MR) is 75.9 cm³/mol. The quantitative estimate of drug-likeness (QED) is 0.625. The van der Waals surface area contributed by atoms with Crippen LogP contribution in [0.25, 0.3) is 0 Å². The molecule has 1 fully saturated rings. The Bertz CT molecular complexity index is 512. The summed E-state index contributed by atoms with van der Waals surface area (Å²) < 4.78 is 5.10. The van der Waals surface area contributed by atoms with Crippen LogP contribution in [-0.4, -0.2) is 28.9 Å². The van der Waals surface area contributed by atoms with Gasteiger partial charge in [-0.3, -0.25) is 4.79 Å². The first kappa shape index (κ1) is 14.3. The highest BCUT2D eigenvalue weighted by Gasteiger charge is 2.42. The van der Waals surface area contributed by atoms with E-state index in [0.717, 1.165) is 5.56 Å². The number of carbonyl (C=O) groups excluding carboxylic acids is 2. The number of amides is 1. The lowest BCUT2D eigenvalue weighted by Gasteiger charge is -2.40. The van der Waals surface area contributed by atoms with Crippen molar-refractivity contribution in [3.8, 4) is 0 Å². The molecule has 1 aliphatic heterocycles. The Balaban J connectivity index is 2.34. The molecule has 1 aromatic rings. The molecular formula is C16H19NO3. The van der Waals surface area contributed by atoms with E-state index < -0.39 is 12.1 Å². The molecule has 0 aromatic heterocycles. The van der Waals surface area contributed by atoms with Crippen LogP contribution in [0.15, 0.2) is 43.0 Å². The van der Waals surface area contributed by atoms with E-state index in [9.17, 15) is 9.59 Å². The van der Waals surface area contributed by atoms with Crippen LogP contribution in [-0.2, 0) is 14.3 Å². The maximum Gasteiger partial charge on any atom is 0.329 e. The van der Waals surface area contributed by atoms with Crippen molar-refractivity contribution in [3.63, 3.8) is 0 Å². The van der Waals surface area contributed by atoms with Crippen LogP contribution in [0, 0.1) is 0 Å². The van der Waals surface area contributed by atoms with Gasteiger partial charge in [-0.15, -0.1) is 6.58 Å². The van der Waals surface area contributed by atoms with E-state index >= 15 is 0 Å². The minimum atomic E-state index is -0.727. The number of rotatable bonds is 4. The van der Waals surface area contributed by atoms with Crippen LogP contribution in [0.2, 0.25) is 0 Å². The number of nitrogens with zero attached hydrogens (tertiary/aromatic N) is 1. The molecule has 20 heavy (non-hydrogen) atoms. The number of morpholine rings is 1. The molecule has 3 atom stereocenters. The van der Waals surface area contributed by atoms with Gasteiger partial charge in [-0.25, -0.2) is 4.79 Å². The first-order chi connectivity index (χ1) is 9.56. The number of carbonyl (C=O) groups is 2. The van der Waals surface area contributed by atoms with Gasteiger partial charge in [0.2, 0.25) is 0 Å². The molecule has 0 bridgehead atoms. The lowest BCUT2D eigenvalue weighted by molar-refractivity contribution is -0.179. The molecule has 1 aliphatic rings. The minimum absolute atomic E-state index is 0.159. The fraction of sp³-hybridized carbons (Fsp3) is 0.375. The summed E-state index contributed by atoms with van der Waals surface area (Å²) in [6.07, 6.45) is 1.31. The number of ether oxygens (including phenoxy) is 1. The molecule has 0 unspecified atom stereocenters. The minimum Gasteiger partial charge on any atom is -0.451 e. The van der Waals surface area contributed by atoms with Crippen LogP contribution >= 0.6 is 0 Å². The Morgan fingerprint density at radius 3 is 2.60 bits per heavy atom. The van der Waals surface area contributed by atoms with Crippen LogP contribution in [0.1, 0.15) is 31.9 Å². The van der Waals surface area contributed by atoms with Crippen LogP contribution in [0.3, 0.4) is 0 Å². The van der Waals surface area contributed by atoms with Crippen molar-refractivity contribution >= 4 is 11.9 Å². The third kappa shape index (κ3) is 2.59. The first-order valence-electron chi connectivity index (χ1n) is 6.74.